The Balaban J connectivity index is 2.31. The molecule has 0 spiro atoms. The van der Waals surface area contributed by atoms with Gasteiger partial charge in [0, 0.05) is 11.1 Å². The Morgan fingerprint density at radius 1 is 1.07 bits per heavy atom. The van der Waals surface area contributed by atoms with Crippen molar-refractivity contribution in [2.24, 2.45) is 0 Å². The molecule has 0 bridgehead atoms. The normalized spacial score (nSPS) is 12.2. The predicted octanol–water partition coefficient (Wildman–Crippen LogP) is 4.70. The molecular weight excluding hydrogens is 399 g/mol. The lowest BCUT2D eigenvalue weighted by atomic mass is 9.87. The van der Waals surface area contributed by atoms with Crippen molar-refractivity contribution >= 4 is 27.3 Å². The second-order valence-electron chi connectivity index (χ2n) is 7.76. The van der Waals surface area contributed by atoms with E-state index in [4.69, 9.17) is 0 Å². The molecule has 0 unspecified atom stereocenters. The molecule has 8 heteroatoms. The summed E-state index contributed by atoms with van der Waals surface area (Å²) in [6.45, 7) is 11.6. The first kappa shape index (κ1) is 22.5. The van der Waals surface area contributed by atoms with E-state index in [0.717, 1.165) is 16.2 Å². The van der Waals surface area contributed by atoms with Crippen LogP contribution in [0.2, 0.25) is 0 Å². The van der Waals surface area contributed by atoms with Gasteiger partial charge in [-0.2, -0.15) is 8.42 Å². The van der Waals surface area contributed by atoms with E-state index in [9.17, 15) is 17.6 Å². The highest BCUT2D eigenvalue weighted by Crippen LogP contribution is 2.30. The lowest BCUT2D eigenvalue weighted by Gasteiger charge is -2.19. The average molecular weight is 427 g/mol. The molecular formula is C20H27FN2O3S2. The van der Waals surface area contributed by atoms with E-state index >= 15 is 0 Å². The van der Waals surface area contributed by atoms with Crippen LogP contribution in [0.25, 0.3) is 0 Å². The van der Waals surface area contributed by atoms with Gasteiger partial charge in [0.25, 0.3) is 10.0 Å². The number of rotatable bonds is 7. The number of amides is 1. The van der Waals surface area contributed by atoms with Crippen LogP contribution in [0.15, 0.2) is 22.7 Å². The maximum atomic E-state index is 14.0. The third-order valence-corrected chi connectivity index (χ3v) is 7.48. The molecule has 0 aliphatic rings. The van der Waals surface area contributed by atoms with Crippen LogP contribution >= 0.6 is 11.3 Å². The fraction of sp³-hybridized carbons (Fsp3) is 0.500. The van der Waals surface area contributed by atoms with Crippen molar-refractivity contribution in [1.82, 2.24) is 9.71 Å². The van der Waals surface area contributed by atoms with Crippen LogP contribution in [-0.2, 0) is 21.2 Å². The maximum Gasteiger partial charge on any atom is 0.291 e. The molecule has 2 aromatic rings. The lowest BCUT2D eigenvalue weighted by molar-refractivity contribution is -0.118. The molecule has 28 heavy (non-hydrogen) atoms. The monoisotopic (exact) mass is 426 g/mol. The van der Waals surface area contributed by atoms with Crippen LogP contribution in [0, 0.1) is 5.82 Å². The van der Waals surface area contributed by atoms with E-state index in [1.165, 1.54) is 18.3 Å². The SMILES string of the molecule is CC(C)c1cnc(S(=O)(=O)NC(=O)Cc2c(C(C)C)cc(F)cc2C(C)C)s1. The quantitative estimate of drug-likeness (QED) is 0.696. The molecule has 0 radical (unpaired) electrons. The molecule has 1 N–H and O–H groups in total. The number of nitrogens with one attached hydrogen (secondary N) is 1. The zero-order chi connectivity index (χ0) is 21.2. The van der Waals surface area contributed by atoms with Crippen molar-refractivity contribution in [2.75, 3.05) is 0 Å². The molecule has 0 aliphatic carbocycles. The molecule has 1 aromatic heterocycles. The molecule has 0 aliphatic heterocycles. The van der Waals surface area contributed by atoms with Crippen molar-refractivity contribution < 1.29 is 17.6 Å². The summed E-state index contributed by atoms with van der Waals surface area (Å²) >= 11 is 1.05. The number of thiazole rings is 1. The highest BCUT2D eigenvalue weighted by Gasteiger charge is 2.25. The summed E-state index contributed by atoms with van der Waals surface area (Å²) in [6.07, 6.45) is 1.38. The largest absolute Gasteiger partial charge is 0.291 e. The Morgan fingerprint density at radius 3 is 2.04 bits per heavy atom. The molecule has 5 nitrogen and oxygen atoms in total. The van der Waals surface area contributed by atoms with E-state index < -0.39 is 15.9 Å². The Labute approximate surface area is 170 Å². The van der Waals surface area contributed by atoms with E-state index in [0.29, 0.717) is 16.7 Å². The zero-order valence-corrected chi connectivity index (χ0v) is 18.7. The summed E-state index contributed by atoms with van der Waals surface area (Å²) < 4.78 is 41.0. The van der Waals surface area contributed by atoms with E-state index in [2.05, 4.69) is 9.71 Å². The summed E-state index contributed by atoms with van der Waals surface area (Å²) in [6, 6.07) is 2.84. The van der Waals surface area contributed by atoms with Crippen LogP contribution < -0.4 is 4.72 Å². The van der Waals surface area contributed by atoms with Crippen LogP contribution in [-0.4, -0.2) is 19.3 Å². The van der Waals surface area contributed by atoms with Gasteiger partial charge in [0.15, 0.2) is 0 Å². The summed E-state index contributed by atoms with van der Waals surface area (Å²) in [5.41, 5.74) is 2.11. The van der Waals surface area contributed by atoms with Gasteiger partial charge in [0.2, 0.25) is 10.2 Å². The average Bonchev–Trinajstić information content (AvgIpc) is 3.06. The second kappa shape index (κ2) is 8.69. The van der Waals surface area contributed by atoms with Gasteiger partial charge < -0.3 is 0 Å². The van der Waals surface area contributed by atoms with Gasteiger partial charge in [-0.25, -0.2) is 14.1 Å². The van der Waals surface area contributed by atoms with Gasteiger partial charge in [-0.15, -0.1) is 11.3 Å². The number of hydrogen-bond acceptors (Lipinski definition) is 5. The van der Waals surface area contributed by atoms with Crippen molar-refractivity contribution in [3.05, 3.63) is 45.7 Å². The number of carbonyl (C=O) groups is 1. The van der Waals surface area contributed by atoms with E-state index in [1.807, 2.05) is 41.5 Å². The highest BCUT2D eigenvalue weighted by atomic mass is 32.2. The predicted molar refractivity (Wildman–Crippen MR) is 110 cm³/mol. The molecule has 2 rings (SSSR count). The van der Waals surface area contributed by atoms with Gasteiger partial charge in [0.05, 0.1) is 6.42 Å². The number of carbonyl (C=O) groups excluding carboxylic acids is 1. The van der Waals surface area contributed by atoms with Crippen molar-refractivity contribution in [3.63, 3.8) is 0 Å². The summed E-state index contributed by atoms with van der Waals surface area (Å²) in [5.74, 6) is -0.858. The Kier molecular flexibility index (Phi) is 6.98. The van der Waals surface area contributed by atoms with Gasteiger partial charge >= 0.3 is 0 Å². The van der Waals surface area contributed by atoms with Crippen LogP contribution in [0.5, 0.6) is 0 Å². The standard InChI is InChI=1S/C20H27FN2O3S2/c1-11(2)15-7-14(21)8-16(12(3)4)17(15)9-19(24)23-28(25,26)20-22-10-18(27-20)13(5)6/h7-8,10-13H,9H2,1-6H3,(H,23,24). The fourth-order valence-electron chi connectivity index (χ4n) is 2.97. The second-order valence-corrected chi connectivity index (χ2v) is 10.7. The summed E-state index contributed by atoms with van der Waals surface area (Å²) in [5, 5.41) is 0. The minimum Gasteiger partial charge on any atom is -0.274 e. The molecule has 154 valence electrons. The minimum atomic E-state index is -4.03. The summed E-state index contributed by atoms with van der Waals surface area (Å²) in [7, 11) is -4.03. The van der Waals surface area contributed by atoms with Gasteiger partial charge in [-0.3, -0.25) is 4.79 Å². The van der Waals surface area contributed by atoms with Gasteiger partial charge in [-0.1, -0.05) is 41.5 Å². The topological polar surface area (TPSA) is 76.1 Å². The van der Waals surface area contributed by atoms with Gasteiger partial charge in [-0.05, 0) is 46.6 Å². The first-order valence-electron chi connectivity index (χ1n) is 9.26. The maximum absolute atomic E-state index is 14.0. The number of halogens is 1. The Hall–Kier alpha value is -1.80. The third-order valence-electron chi connectivity index (χ3n) is 4.41. The van der Waals surface area contributed by atoms with Crippen molar-refractivity contribution in [2.45, 2.75) is 70.1 Å². The molecule has 0 saturated heterocycles. The highest BCUT2D eigenvalue weighted by molar-refractivity contribution is 7.92. The Bertz CT molecular complexity index is 935. The number of nitrogens with zero attached hydrogens (tertiary/aromatic N) is 1. The van der Waals surface area contributed by atoms with Crippen molar-refractivity contribution in [1.29, 1.82) is 0 Å². The lowest BCUT2D eigenvalue weighted by Crippen LogP contribution is -2.32. The number of aromatic nitrogens is 1. The molecule has 1 amide bonds. The van der Waals surface area contributed by atoms with E-state index in [1.54, 1.807) is 0 Å². The first-order valence-corrected chi connectivity index (χ1v) is 11.6. The number of benzene rings is 1. The van der Waals surface area contributed by atoms with Crippen LogP contribution in [0.1, 0.15) is 80.9 Å². The summed E-state index contributed by atoms with van der Waals surface area (Å²) in [4.78, 5) is 17.3. The van der Waals surface area contributed by atoms with Crippen molar-refractivity contribution in [3.8, 4) is 0 Å². The van der Waals surface area contributed by atoms with Crippen LogP contribution in [0.3, 0.4) is 0 Å². The van der Waals surface area contributed by atoms with Crippen LogP contribution in [0.4, 0.5) is 4.39 Å². The molecule has 0 saturated carbocycles. The zero-order valence-electron chi connectivity index (χ0n) is 17.0. The molecule has 1 heterocycles. The smallest absolute Gasteiger partial charge is 0.274 e. The Morgan fingerprint density at radius 2 is 1.61 bits per heavy atom. The number of hydrogen-bond donors (Lipinski definition) is 1. The molecule has 0 atom stereocenters. The third kappa shape index (κ3) is 5.17. The number of sulfonamides is 1. The van der Waals surface area contributed by atoms with E-state index in [-0.39, 0.29) is 34.3 Å². The molecule has 0 fully saturated rings. The van der Waals surface area contributed by atoms with Gasteiger partial charge in [0.1, 0.15) is 5.82 Å². The fourth-order valence-corrected chi connectivity index (χ4v) is 5.12. The first-order chi connectivity index (χ1) is 12.9. The minimum absolute atomic E-state index is 0.000157. The molecule has 1 aromatic carbocycles.